The van der Waals surface area contributed by atoms with Gasteiger partial charge in [0.1, 0.15) is 19.2 Å². The fraction of sp³-hybridized carbons (Fsp3) is 0.727. The Morgan fingerprint density at radius 2 is 1.84 bits per heavy atom. The number of nitrogens with zero attached hydrogens (tertiary/aromatic N) is 6. The van der Waals surface area contributed by atoms with Crippen molar-refractivity contribution < 1.29 is 14.2 Å². The summed E-state index contributed by atoms with van der Waals surface area (Å²) in [6.07, 6.45) is 12.7. The molecule has 244 valence electrons. The minimum Gasteiger partial charge on any atom is -0.461 e. The zero-order chi connectivity index (χ0) is 30.1. The van der Waals surface area contributed by atoms with E-state index in [0.29, 0.717) is 31.5 Å². The summed E-state index contributed by atoms with van der Waals surface area (Å²) in [6, 6.07) is 1.63. The Morgan fingerprint density at radius 3 is 2.48 bits per heavy atom. The van der Waals surface area contributed by atoms with Gasteiger partial charge >= 0.3 is 6.01 Å². The first-order chi connectivity index (χ1) is 20.9. The molecule has 5 aliphatic rings. The second-order valence-corrected chi connectivity index (χ2v) is 14.0. The van der Waals surface area contributed by atoms with Crippen LogP contribution in [0, 0.1) is 0 Å². The Morgan fingerprint density at radius 1 is 1.14 bits per heavy atom. The van der Waals surface area contributed by atoms with Crippen molar-refractivity contribution in [2.75, 3.05) is 58.1 Å². The van der Waals surface area contributed by atoms with Gasteiger partial charge in [-0.2, -0.15) is 23.5 Å². The SMILES string of the molecule is C/C=C1\C(=NC(C)CC)C(Br)=Cc2nc(OCC34CCCN3CCC4)nc(N3CC4CCC(C3)N4CC(C)OCOC)c21.S. The lowest BCUT2D eigenvalue weighted by atomic mass is 9.93. The Labute approximate surface area is 279 Å². The minimum atomic E-state index is 0. The normalized spacial score (nSPS) is 27.7. The number of fused-ring (bicyclic) bond motifs is 4. The van der Waals surface area contributed by atoms with Gasteiger partial charge in [-0.15, -0.1) is 0 Å². The van der Waals surface area contributed by atoms with Gasteiger partial charge in [0.25, 0.3) is 0 Å². The van der Waals surface area contributed by atoms with Crippen LogP contribution in [0.2, 0.25) is 0 Å². The highest BCUT2D eigenvalue weighted by Gasteiger charge is 2.46. The first kappa shape index (κ1) is 33.9. The zero-order valence-electron chi connectivity index (χ0n) is 27.1. The Bertz CT molecular complexity index is 1250. The summed E-state index contributed by atoms with van der Waals surface area (Å²) in [6.45, 7) is 14.7. The van der Waals surface area contributed by atoms with Gasteiger partial charge in [-0.05, 0) is 101 Å². The maximum atomic E-state index is 6.56. The molecule has 4 unspecified atom stereocenters. The number of hydrogen-bond donors (Lipinski definition) is 0. The van der Waals surface area contributed by atoms with E-state index >= 15 is 0 Å². The average Bonchev–Trinajstić information content (AvgIpc) is 3.64. The van der Waals surface area contributed by atoms with Gasteiger partial charge in [-0.25, -0.2) is 0 Å². The van der Waals surface area contributed by atoms with Crippen LogP contribution in [0.4, 0.5) is 5.82 Å². The highest BCUT2D eigenvalue weighted by Crippen LogP contribution is 2.43. The maximum absolute atomic E-state index is 6.56. The van der Waals surface area contributed by atoms with Crippen LogP contribution in [-0.4, -0.2) is 108 Å². The van der Waals surface area contributed by atoms with E-state index in [-0.39, 0.29) is 31.2 Å². The molecule has 4 saturated heterocycles. The molecule has 0 aromatic carbocycles. The number of methoxy groups -OCH3 is 1. The van der Waals surface area contributed by atoms with Crippen molar-refractivity contribution in [2.45, 2.75) is 102 Å². The van der Waals surface area contributed by atoms with Crippen LogP contribution in [0.25, 0.3) is 11.6 Å². The molecule has 4 atom stereocenters. The van der Waals surface area contributed by atoms with E-state index in [1.807, 2.05) is 0 Å². The van der Waals surface area contributed by atoms with Gasteiger partial charge in [0.15, 0.2) is 0 Å². The van der Waals surface area contributed by atoms with E-state index in [1.165, 1.54) is 51.6 Å². The molecule has 1 aromatic rings. The molecule has 0 saturated carbocycles. The molecule has 0 N–H and O–H groups in total. The highest BCUT2D eigenvalue weighted by atomic mass is 79.9. The van der Waals surface area contributed by atoms with E-state index in [9.17, 15) is 0 Å². The number of hydrogen-bond acceptors (Lipinski definition) is 9. The van der Waals surface area contributed by atoms with Crippen LogP contribution < -0.4 is 9.64 Å². The summed E-state index contributed by atoms with van der Waals surface area (Å²) in [5.74, 6) is 0.980. The molecule has 9 nitrogen and oxygen atoms in total. The second kappa shape index (κ2) is 14.5. The van der Waals surface area contributed by atoms with Crippen LogP contribution in [0.3, 0.4) is 0 Å². The van der Waals surface area contributed by atoms with Crippen molar-refractivity contribution in [2.24, 2.45) is 4.99 Å². The number of anilines is 1. The smallest absolute Gasteiger partial charge is 0.319 e. The van der Waals surface area contributed by atoms with Crippen LogP contribution in [-0.2, 0) is 9.47 Å². The molecule has 0 radical (unpaired) electrons. The van der Waals surface area contributed by atoms with Gasteiger partial charge in [0, 0.05) is 54.9 Å². The molecule has 0 amide bonds. The quantitative estimate of drug-likeness (QED) is 0.276. The van der Waals surface area contributed by atoms with E-state index in [2.05, 4.69) is 70.5 Å². The largest absolute Gasteiger partial charge is 0.461 e. The lowest BCUT2D eigenvalue weighted by Crippen LogP contribution is -2.56. The van der Waals surface area contributed by atoms with Crippen LogP contribution in [0.5, 0.6) is 6.01 Å². The van der Waals surface area contributed by atoms with E-state index in [4.69, 9.17) is 29.2 Å². The molecule has 44 heavy (non-hydrogen) atoms. The lowest BCUT2D eigenvalue weighted by Gasteiger charge is -2.43. The molecular formula is C33H51BrN6O3S. The van der Waals surface area contributed by atoms with E-state index in [0.717, 1.165) is 58.9 Å². The molecule has 1 aromatic heterocycles. The molecule has 4 aliphatic heterocycles. The van der Waals surface area contributed by atoms with Crippen molar-refractivity contribution >= 4 is 52.6 Å². The zero-order valence-corrected chi connectivity index (χ0v) is 29.7. The molecule has 1 aliphatic carbocycles. The van der Waals surface area contributed by atoms with E-state index < -0.39 is 0 Å². The summed E-state index contributed by atoms with van der Waals surface area (Å²) >= 11 is 3.86. The number of ether oxygens (including phenoxy) is 3. The molecule has 2 bridgehead atoms. The molecule has 0 spiro atoms. The summed E-state index contributed by atoms with van der Waals surface area (Å²) in [5.41, 5.74) is 4.21. The Hall–Kier alpha value is -1.50. The van der Waals surface area contributed by atoms with E-state index in [1.54, 1.807) is 7.11 Å². The highest BCUT2D eigenvalue weighted by molar-refractivity contribution is 9.12. The number of halogens is 1. The molecular weight excluding hydrogens is 640 g/mol. The van der Waals surface area contributed by atoms with Crippen molar-refractivity contribution in [3.8, 4) is 6.01 Å². The van der Waals surface area contributed by atoms with Crippen LogP contribution in [0.15, 0.2) is 15.6 Å². The Kier molecular flexibility index (Phi) is 11.2. The van der Waals surface area contributed by atoms with Gasteiger partial charge in [0.2, 0.25) is 0 Å². The predicted octanol–water partition coefficient (Wildman–Crippen LogP) is 5.65. The number of aliphatic imine (C=N–C) groups is 1. The summed E-state index contributed by atoms with van der Waals surface area (Å²) in [4.78, 5) is 23.2. The maximum Gasteiger partial charge on any atom is 0.319 e. The second-order valence-electron chi connectivity index (χ2n) is 13.1. The van der Waals surface area contributed by atoms with Gasteiger partial charge < -0.3 is 19.1 Å². The average molecular weight is 692 g/mol. The molecule has 11 heteroatoms. The predicted molar refractivity (Wildman–Crippen MR) is 187 cm³/mol. The van der Waals surface area contributed by atoms with Gasteiger partial charge in [-0.1, -0.05) is 13.0 Å². The standard InChI is InChI=1S/C33H49BrN6O3.H2S/c1-6-22(3)35-30-26(7-2)29-28(16-27(30)34)36-32(42-20-33-12-8-14-39(33)15-9-13-33)37-31(29)38-18-24-10-11-25(19-38)40(24)17-23(4)43-21-41-5;/h7,16,22-25H,6,8-15,17-21H2,1-5H3;1H2/b26-7-,35-30?;. The fourth-order valence-corrected chi connectivity index (χ4v) is 8.45. The lowest BCUT2D eigenvalue weighted by molar-refractivity contribution is -0.0780. The number of aromatic nitrogens is 2. The topological polar surface area (TPSA) is 75.6 Å². The van der Waals surface area contributed by atoms with Crippen molar-refractivity contribution in [1.82, 2.24) is 19.8 Å². The number of allylic oxidation sites excluding steroid dienone is 3. The fourth-order valence-electron chi connectivity index (χ4n) is 7.92. The summed E-state index contributed by atoms with van der Waals surface area (Å²) in [7, 11) is 1.68. The third kappa shape index (κ3) is 6.65. The summed E-state index contributed by atoms with van der Waals surface area (Å²) in [5, 5.41) is 0. The molecule has 4 fully saturated rings. The molecule has 6 rings (SSSR count). The number of piperazine rings is 1. The van der Waals surface area contributed by atoms with Crippen LogP contribution >= 0.6 is 29.4 Å². The first-order valence-corrected chi connectivity index (χ1v) is 17.2. The van der Waals surface area contributed by atoms with Crippen molar-refractivity contribution in [3.63, 3.8) is 0 Å². The van der Waals surface area contributed by atoms with Gasteiger partial charge in [-0.3, -0.25) is 14.8 Å². The monoisotopic (exact) mass is 690 g/mol. The third-order valence-corrected chi connectivity index (χ3v) is 10.9. The summed E-state index contributed by atoms with van der Waals surface area (Å²) < 4.78 is 18.5. The van der Waals surface area contributed by atoms with Crippen molar-refractivity contribution in [3.05, 3.63) is 21.8 Å². The first-order valence-electron chi connectivity index (χ1n) is 16.4. The molecule has 5 heterocycles. The number of rotatable bonds is 11. The van der Waals surface area contributed by atoms with Gasteiger partial charge in [0.05, 0.1) is 28.6 Å². The van der Waals surface area contributed by atoms with Crippen LogP contribution in [0.1, 0.15) is 83.9 Å². The minimum absolute atomic E-state index is 0. The third-order valence-electron chi connectivity index (χ3n) is 10.3. The van der Waals surface area contributed by atoms with Crippen molar-refractivity contribution in [1.29, 1.82) is 0 Å². The Balaban J connectivity index is 0.00000384.